The standard InChI is InChI=1S/C20H17N5O3S/c1-27-17-5-3-2-4-14(17)15-8-16(23-22-15)20(26)25-9-13(10-25)19-21-18(24-28-19)12-6-7-29-11-12/h2-8,11,13H,9-10H2,1H3,(H,22,23). The Bertz CT molecular complexity index is 1140. The second-order valence-corrected chi connectivity index (χ2v) is 7.52. The second-order valence-electron chi connectivity index (χ2n) is 6.74. The van der Waals surface area contributed by atoms with Crippen LogP contribution in [0.3, 0.4) is 0 Å². The molecule has 0 saturated carbocycles. The van der Waals surface area contributed by atoms with Crippen LogP contribution in [0.25, 0.3) is 22.6 Å². The molecule has 1 saturated heterocycles. The molecule has 1 amide bonds. The molecule has 0 bridgehead atoms. The first-order valence-electron chi connectivity index (χ1n) is 9.07. The van der Waals surface area contributed by atoms with Gasteiger partial charge in [-0.05, 0) is 29.6 Å². The number of ether oxygens (including phenoxy) is 1. The predicted molar refractivity (Wildman–Crippen MR) is 107 cm³/mol. The molecule has 0 unspecified atom stereocenters. The number of para-hydroxylation sites is 1. The van der Waals surface area contributed by atoms with Gasteiger partial charge in [-0.1, -0.05) is 17.3 Å². The number of aromatic amines is 1. The van der Waals surface area contributed by atoms with Crippen LogP contribution in [0, 0.1) is 0 Å². The summed E-state index contributed by atoms with van der Waals surface area (Å²) in [4.78, 5) is 18.9. The van der Waals surface area contributed by atoms with Crippen LogP contribution in [-0.4, -0.2) is 51.3 Å². The first-order chi connectivity index (χ1) is 14.2. The summed E-state index contributed by atoms with van der Waals surface area (Å²) < 4.78 is 10.8. The Kier molecular flexibility index (Phi) is 4.36. The summed E-state index contributed by atoms with van der Waals surface area (Å²) in [5, 5.41) is 15.1. The highest BCUT2D eigenvalue weighted by molar-refractivity contribution is 7.08. The zero-order chi connectivity index (χ0) is 19.8. The molecule has 1 aliphatic rings. The average Bonchev–Trinajstić information content (AvgIpc) is 3.47. The van der Waals surface area contributed by atoms with Crippen LogP contribution < -0.4 is 4.74 Å². The number of nitrogens with zero attached hydrogens (tertiary/aromatic N) is 4. The number of thiophene rings is 1. The van der Waals surface area contributed by atoms with Gasteiger partial charge in [0.05, 0.1) is 18.7 Å². The Morgan fingerprint density at radius 3 is 2.97 bits per heavy atom. The van der Waals surface area contributed by atoms with Crippen molar-refractivity contribution in [1.29, 1.82) is 0 Å². The lowest BCUT2D eigenvalue weighted by atomic mass is 9.99. The molecule has 0 radical (unpaired) electrons. The normalized spacial score (nSPS) is 14.0. The zero-order valence-electron chi connectivity index (χ0n) is 15.5. The van der Waals surface area contributed by atoms with Crippen molar-refractivity contribution in [3.63, 3.8) is 0 Å². The molecule has 0 atom stereocenters. The lowest BCUT2D eigenvalue weighted by molar-refractivity contribution is 0.0563. The lowest BCUT2D eigenvalue weighted by Gasteiger charge is -2.36. The van der Waals surface area contributed by atoms with Gasteiger partial charge in [0.1, 0.15) is 11.4 Å². The van der Waals surface area contributed by atoms with Crippen LogP contribution in [0.4, 0.5) is 0 Å². The van der Waals surface area contributed by atoms with Crippen molar-refractivity contribution < 1.29 is 14.1 Å². The van der Waals surface area contributed by atoms with Crippen LogP contribution in [-0.2, 0) is 0 Å². The maximum Gasteiger partial charge on any atom is 0.271 e. The van der Waals surface area contributed by atoms with E-state index in [1.54, 1.807) is 29.4 Å². The number of carbonyl (C=O) groups excluding carboxylic acids is 1. The van der Waals surface area contributed by atoms with Crippen LogP contribution in [0.1, 0.15) is 22.3 Å². The Hall–Kier alpha value is -3.46. The number of carbonyl (C=O) groups is 1. The molecular weight excluding hydrogens is 390 g/mol. The van der Waals surface area contributed by atoms with E-state index in [-0.39, 0.29) is 11.8 Å². The van der Waals surface area contributed by atoms with Crippen molar-refractivity contribution >= 4 is 17.2 Å². The summed E-state index contributed by atoms with van der Waals surface area (Å²) in [6, 6.07) is 11.3. The zero-order valence-corrected chi connectivity index (χ0v) is 16.3. The number of H-pyrrole nitrogens is 1. The molecule has 9 heteroatoms. The third kappa shape index (κ3) is 3.19. The first-order valence-corrected chi connectivity index (χ1v) is 10.0. The minimum atomic E-state index is -0.104. The number of rotatable bonds is 5. The largest absolute Gasteiger partial charge is 0.496 e. The van der Waals surface area contributed by atoms with Gasteiger partial charge in [-0.3, -0.25) is 9.89 Å². The van der Waals surface area contributed by atoms with E-state index in [1.165, 1.54) is 0 Å². The molecule has 5 rings (SSSR count). The smallest absolute Gasteiger partial charge is 0.271 e. The van der Waals surface area contributed by atoms with Crippen molar-refractivity contribution in [3.05, 3.63) is 58.7 Å². The highest BCUT2D eigenvalue weighted by atomic mass is 32.1. The Morgan fingerprint density at radius 1 is 1.31 bits per heavy atom. The van der Waals surface area contributed by atoms with Crippen molar-refractivity contribution in [2.45, 2.75) is 5.92 Å². The quantitative estimate of drug-likeness (QED) is 0.544. The second kappa shape index (κ2) is 7.17. The number of likely N-dealkylation sites (tertiary alicyclic amines) is 1. The first kappa shape index (κ1) is 17.6. The van der Waals surface area contributed by atoms with Gasteiger partial charge in [-0.25, -0.2) is 0 Å². The Labute approximate surface area is 170 Å². The van der Waals surface area contributed by atoms with Gasteiger partial charge in [0, 0.05) is 29.6 Å². The molecule has 146 valence electrons. The molecule has 3 aromatic heterocycles. The van der Waals surface area contributed by atoms with E-state index in [2.05, 4.69) is 20.3 Å². The molecule has 4 heterocycles. The number of aromatic nitrogens is 4. The van der Waals surface area contributed by atoms with E-state index in [4.69, 9.17) is 9.26 Å². The molecule has 4 aromatic rings. The number of methoxy groups -OCH3 is 1. The molecule has 1 aromatic carbocycles. The van der Waals surface area contributed by atoms with Crippen molar-refractivity contribution in [3.8, 4) is 28.4 Å². The van der Waals surface area contributed by atoms with Gasteiger partial charge in [0.2, 0.25) is 11.7 Å². The van der Waals surface area contributed by atoms with Crippen LogP contribution in [0.5, 0.6) is 5.75 Å². The van der Waals surface area contributed by atoms with Gasteiger partial charge >= 0.3 is 0 Å². The van der Waals surface area contributed by atoms with Crippen LogP contribution in [0.15, 0.2) is 51.7 Å². The van der Waals surface area contributed by atoms with Crippen molar-refractivity contribution in [2.75, 3.05) is 20.2 Å². The molecule has 29 heavy (non-hydrogen) atoms. The van der Waals surface area contributed by atoms with E-state index >= 15 is 0 Å². The summed E-state index contributed by atoms with van der Waals surface area (Å²) in [6.07, 6.45) is 0. The number of benzene rings is 1. The fourth-order valence-electron chi connectivity index (χ4n) is 3.31. The van der Waals surface area contributed by atoms with E-state index in [0.717, 1.165) is 11.1 Å². The minimum absolute atomic E-state index is 0.0513. The van der Waals surface area contributed by atoms with Crippen LogP contribution in [0.2, 0.25) is 0 Å². The maximum absolute atomic E-state index is 12.8. The number of hydrogen-bond acceptors (Lipinski definition) is 7. The third-order valence-electron chi connectivity index (χ3n) is 4.93. The number of hydrogen-bond donors (Lipinski definition) is 1. The molecular formula is C20H17N5O3S. The number of nitrogens with one attached hydrogen (secondary N) is 1. The highest BCUT2D eigenvalue weighted by Gasteiger charge is 2.36. The van der Waals surface area contributed by atoms with Crippen molar-refractivity contribution in [1.82, 2.24) is 25.2 Å². The monoisotopic (exact) mass is 407 g/mol. The van der Waals surface area contributed by atoms with Gasteiger partial charge in [-0.2, -0.15) is 21.4 Å². The Balaban J connectivity index is 1.26. The molecule has 0 aliphatic carbocycles. The summed E-state index contributed by atoms with van der Waals surface area (Å²) in [7, 11) is 1.61. The van der Waals surface area contributed by atoms with Gasteiger partial charge in [0.25, 0.3) is 5.91 Å². The summed E-state index contributed by atoms with van der Waals surface area (Å²) in [6.45, 7) is 1.07. The average molecular weight is 407 g/mol. The van der Waals surface area contributed by atoms with Gasteiger partial charge < -0.3 is 14.2 Å². The molecule has 1 N–H and O–H groups in total. The Morgan fingerprint density at radius 2 is 2.17 bits per heavy atom. The fraction of sp³-hybridized carbons (Fsp3) is 0.200. The third-order valence-corrected chi connectivity index (χ3v) is 5.61. The van der Waals surface area contributed by atoms with Gasteiger partial charge in [-0.15, -0.1) is 0 Å². The molecule has 8 nitrogen and oxygen atoms in total. The lowest BCUT2D eigenvalue weighted by Crippen LogP contribution is -2.48. The summed E-state index contributed by atoms with van der Waals surface area (Å²) >= 11 is 1.58. The van der Waals surface area contributed by atoms with Crippen molar-refractivity contribution in [2.24, 2.45) is 0 Å². The van der Waals surface area contributed by atoms with E-state index in [0.29, 0.717) is 41.9 Å². The van der Waals surface area contributed by atoms with E-state index in [9.17, 15) is 4.79 Å². The minimum Gasteiger partial charge on any atom is -0.496 e. The maximum atomic E-state index is 12.8. The van der Waals surface area contributed by atoms with E-state index in [1.807, 2.05) is 41.1 Å². The molecule has 1 fully saturated rings. The number of amides is 1. The SMILES string of the molecule is COc1ccccc1-c1cc(C(=O)N2CC(c3nc(-c4ccsc4)no3)C2)[nH]n1. The summed E-state index contributed by atoms with van der Waals surface area (Å²) in [5.74, 6) is 1.80. The highest BCUT2D eigenvalue weighted by Crippen LogP contribution is 2.31. The fourth-order valence-corrected chi connectivity index (χ4v) is 3.94. The van der Waals surface area contributed by atoms with Crippen LogP contribution >= 0.6 is 11.3 Å². The van der Waals surface area contributed by atoms with Gasteiger partial charge in [0.15, 0.2) is 0 Å². The van der Waals surface area contributed by atoms with E-state index < -0.39 is 0 Å². The topological polar surface area (TPSA) is 97.1 Å². The predicted octanol–water partition coefficient (Wildman–Crippen LogP) is 3.44. The summed E-state index contributed by atoms with van der Waals surface area (Å²) in [5.41, 5.74) is 2.88. The molecule has 1 aliphatic heterocycles. The molecule has 0 spiro atoms.